The van der Waals surface area contributed by atoms with Gasteiger partial charge in [-0.3, -0.25) is 14.9 Å². The molecule has 1 heterocycles. The van der Waals surface area contributed by atoms with Gasteiger partial charge in [0.1, 0.15) is 0 Å². The Morgan fingerprint density at radius 2 is 1.47 bits per heavy atom. The van der Waals surface area contributed by atoms with Crippen molar-refractivity contribution in [3.63, 3.8) is 0 Å². The summed E-state index contributed by atoms with van der Waals surface area (Å²) >= 11 is 0. The number of hydrogen-bond acceptors (Lipinski definition) is 5. The smallest absolute Gasteiger partial charge is 0.298 e. The predicted molar refractivity (Wildman–Crippen MR) is 131 cm³/mol. The summed E-state index contributed by atoms with van der Waals surface area (Å²) < 4.78 is 62.6. The van der Waals surface area contributed by atoms with Crippen molar-refractivity contribution in [3.8, 4) is 11.1 Å². The molecule has 0 atom stereocenters. The van der Waals surface area contributed by atoms with Crippen molar-refractivity contribution in [2.75, 3.05) is 13.1 Å². The molecule has 1 amide bonds. The van der Waals surface area contributed by atoms with Crippen LogP contribution < -0.4 is 5.48 Å². The van der Waals surface area contributed by atoms with E-state index in [0.717, 1.165) is 16.7 Å². The topological polar surface area (TPSA) is 86.7 Å². The second kappa shape index (κ2) is 10.5. The van der Waals surface area contributed by atoms with Crippen molar-refractivity contribution in [1.29, 1.82) is 0 Å². The zero-order valence-corrected chi connectivity index (χ0v) is 21.5. The first-order valence-electron chi connectivity index (χ1n) is 11.9. The van der Waals surface area contributed by atoms with Crippen LogP contribution in [0.5, 0.6) is 0 Å². The van der Waals surface area contributed by atoms with Gasteiger partial charge in [0.15, 0.2) is 14.6 Å². The van der Waals surface area contributed by atoms with E-state index in [1.807, 2.05) is 20.8 Å². The van der Waals surface area contributed by atoms with Crippen LogP contribution in [-0.2, 0) is 21.1 Å². The van der Waals surface area contributed by atoms with E-state index in [0.29, 0.717) is 19.5 Å². The summed E-state index contributed by atoms with van der Waals surface area (Å²) in [5, 5.41) is 9.36. The van der Waals surface area contributed by atoms with Crippen LogP contribution in [0.25, 0.3) is 11.1 Å². The Labute approximate surface area is 210 Å². The van der Waals surface area contributed by atoms with Gasteiger partial charge in [-0.25, -0.2) is 13.9 Å². The highest BCUT2D eigenvalue weighted by atomic mass is 32.2. The Bertz CT molecular complexity index is 1150. The van der Waals surface area contributed by atoms with Crippen LogP contribution >= 0.6 is 0 Å². The molecule has 0 aliphatic carbocycles. The average Bonchev–Trinajstić information content (AvgIpc) is 2.82. The number of piperidine rings is 1. The monoisotopic (exact) mass is 526 g/mol. The van der Waals surface area contributed by atoms with Gasteiger partial charge in [-0.1, -0.05) is 36.4 Å². The Kier molecular flexibility index (Phi) is 8.22. The third-order valence-electron chi connectivity index (χ3n) is 6.93. The molecule has 0 bridgehead atoms. The number of rotatable bonds is 7. The summed E-state index contributed by atoms with van der Waals surface area (Å²) in [5.74, 6) is -0.929. The SMILES string of the molecule is CC(C)(C)N1CCC(C(=O)NO)(S(=O)(=O)c2ccc(-c3ccc(CCCC(F)(F)F)cc3)cc2)CC1. The van der Waals surface area contributed by atoms with E-state index in [-0.39, 0.29) is 29.7 Å². The van der Waals surface area contributed by atoms with Crippen LogP contribution in [0, 0.1) is 0 Å². The standard InChI is InChI=1S/C26H33F3N2O4S/c1-24(2,3)31-17-15-25(16-18-31,23(32)30-33)36(34,35)22-12-10-21(11-13-22)20-8-6-19(7-9-20)5-4-14-26(27,28)29/h6-13,33H,4-5,14-18H2,1-3H3,(H,30,32). The molecule has 0 saturated carbocycles. The molecule has 1 saturated heterocycles. The van der Waals surface area contributed by atoms with Crippen LogP contribution in [0.1, 0.15) is 52.0 Å². The molecule has 0 aromatic heterocycles. The highest BCUT2D eigenvalue weighted by molar-refractivity contribution is 7.93. The number of halogens is 3. The van der Waals surface area contributed by atoms with Crippen LogP contribution in [0.15, 0.2) is 53.4 Å². The van der Waals surface area contributed by atoms with Crippen LogP contribution in [0.3, 0.4) is 0 Å². The Hall–Kier alpha value is -2.43. The Balaban J connectivity index is 1.79. The number of benzene rings is 2. The molecular weight excluding hydrogens is 493 g/mol. The van der Waals surface area contributed by atoms with Crippen LogP contribution in [-0.4, -0.2) is 54.0 Å². The van der Waals surface area contributed by atoms with E-state index in [4.69, 9.17) is 0 Å². The third-order valence-corrected chi connectivity index (χ3v) is 9.44. The fraction of sp³-hybridized carbons (Fsp3) is 0.500. The normalized spacial score (nSPS) is 17.1. The quantitative estimate of drug-likeness (QED) is 0.385. The number of sulfone groups is 1. The lowest BCUT2D eigenvalue weighted by Crippen LogP contribution is -2.60. The molecule has 0 unspecified atom stereocenters. The Morgan fingerprint density at radius 1 is 0.972 bits per heavy atom. The van der Waals surface area contributed by atoms with Crippen LogP contribution in [0.2, 0.25) is 0 Å². The molecule has 2 aromatic rings. The number of amides is 1. The molecule has 6 nitrogen and oxygen atoms in total. The number of nitrogens with one attached hydrogen (secondary N) is 1. The van der Waals surface area contributed by atoms with E-state index in [2.05, 4.69) is 4.90 Å². The van der Waals surface area contributed by atoms with Crippen molar-refractivity contribution in [1.82, 2.24) is 10.4 Å². The molecule has 1 fully saturated rings. The third kappa shape index (κ3) is 6.10. The van der Waals surface area contributed by atoms with Crippen molar-refractivity contribution >= 4 is 15.7 Å². The summed E-state index contributed by atoms with van der Waals surface area (Å²) in [6.45, 7) is 6.85. The minimum Gasteiger partial charge on any atom is -0.298 e. The lowest BCUT2D eigenvalue weighted by Gasteiger charge is -2.44. The van der Waals surface area contributed by atoms with Crippen LogP contribution in [0.4, 0.5) is 13.2 Å². The van der Waals surface area contributed by atoms with Crippen molar-refractivity contribution < 1.29 is 31.6 Å². The first kappa shape index (κ1) is 28.1. The minimum atomic E-state index is -4.16. The van der Waals surface area contributed by atoms with E-state index in [1.165, 1.54) is 12.1 Å². The van der Waals surface area contributed by atoms with Gasteiger partial charge in [0, 0.05) is 25.0 Å². The molecule has 1 aliphatic heterocycles. The molecule has 1 aliphatic rings. The number of carbonyl (C=O) groups excluding carboxylic acids is 1. The molecule has 2 aromatic carbocycles. The maximum absolute atomic E-state index is 13.7. The second-order valence-corrected chi connectivity index (χ2v) is 12.5. The maximum Gasteiger partial charge on any atom is 0.389 e. The summed E-state index contributed by atoms with van der Waals surface area (Å²) in [6, 6.07) is 13.3. The zero-order chi connectivity index (χ0) is 26.8. The zero-order valence-electron chi connectivity index (χ0n) is 20.7. The number of hydrogen-bond donors (Lipinski definition) is 2. The van der Waals surface area contributed by atoms with E-state index in [1.54, 1.807) is 41.9 Å². The maximum atomic E-state index is 13.7. The number of alkyl halides is 3. The van der Waals surface area contributed by atoms with Gasteiger partial charge in [0.25, 0.3) is 5.91 Å². The number of aryl methyl sites for hydroxylation is 1. The fourth-order valence-electron chi connectivity index (χ4n) is 4.67. The molecule has 2 N–H and O–H groups in total. The average molecular weight is 527 g/mol. The molecule has 0 spiro atoms. The number of carbonyl (C=O) groups is 1. The molecule has 36 heavy (non-hydrogen) atoms. The van der Waals surface area contributed by atoms with Gasteiger partial charge < -0.3 is 0 Å². The summed E-state index contributed by atoms with van der Waals surface area (Å²) in [4.78, 5) is 14.8. The number of hydroxylamine groups is 1. The van der Waals surface area contributed by atoms with Gasteiger partial charge in [0.05, 0.1) is 4.90 Å². The molecule has 10 heteroatoms. The molecule has 198 valence electrons. The fourth-order valence-corrected chi connectivity index (χ4v) is 6.62. The van der Waals surface area contributed by atoms with Crippen molar-refractivity contribution in [2.24, 2.45) is 0 Å². The predicted octanol–water partition coefficient (Wildman–Crippen LogP) is 5.15. The molecule has 0 radical (unpaired) electrons. The van der Waals surface area contributed by atoms with Gasteiger partial charge in [-0.15, -0.1) is 0 Å². The second-order valence-electron chi connectivity index (χ2n) is 10.3. The lowest BCUT2D eigenvalue weighted by atomic mass is 9.91. The van der Waals surface area contributed by atoms with Gasteiger partial charge in [0.2, 0.25) is 0 Å². The number of likely N-dealkylation sites (tertiary alicyclic amines) is 1. The molecule has 3 rings (SSSR count). The molecular formula is C26H33F3N2O4S. The lowest BCUT2D eigenvalue weighted by molar-refractivity contribution is -0.135. The highest BCUT2D eigenvalue weighted by Gasteiger charge is 2.53. The van der Waals surface area contributed by atoms with Gasteiger partial charge >= 0.3 is 6.18 Å². The first-order valence-corrected chi connectivity index (χ1v) is 13.4. The highest BCUT2D eigenvalue weighted by Crippen LogP contribution is 2.38. The summed E-state index contributed by atoms with van der Waals surface area (Å²) in [5.41, 5.74) is 3.71. The van der Waals surface area contributed by atoms with Crippen molar-refractivity contribution in [2.45, 2.75) is 74.2 Å². The van der Waals surface area contributed by atoms with Gasteiger partial charge in [-0.05, 0) is 75.3 Å². The van der Waals surface area contributed by atoms with E-state index >= 15 is 0 Å². The van der Waals surface area contributed by atoms with E-state index in [9.17, 15) is 31.6 Å². The van der Waals surface area contributed by atoms with Crippen molar-refractivity contribution in [3.05, 3.63) is 54.1 Å². The van der Waals surface area contributed by atoms with E-state index < -0.39 is 33.1 Å². The Morgan fingerprint density at radius 3 is 1.92 bits per heavy atom. The van der Waals surface area contributed by atoms with Gasteiger partial charge in [-0.2, -0.15) is 13.2 Å². The minimum absolute atomic E-state index is 0.0113. The summed E-state index contributed by atoms with van der Waals surface area (Å²) in [7, 11) is -4.12. The first-order chi connectivity index (χ1) is 16.7. The summed E-state index contributed by atoms with van der Waals surface area (Å²) in [6.07, 6.45) is -4.55. The number of nitrogens with zero attached hydrogens (tertiary/aromatic N) is 1. The largest absolute Gasteiger partial charge is 0.389 e.